The molecule has 0 unspecified atom stereocenters. The van der Waals surface area contributed by atoms with Gasteiger partial charge in [-0.05, 0) is 24.8 Å². The van der Waals surface area contributed by atoms with Crippen molar-refractivity contribution < 1.29 is 14.7 Å². The molecule has 1 atom stereocenters. The Labute approximate surface area is 161 Å². The molecule has 1 saturated heterocycles. The van der Waals surface area contributed by atoms with Crippen LogP contribution in [0.5, 0.6) is 0 Å². The molecule has 148 valence electrons. The van der Waals surface area contributed by atoms with Gasteiger partial charge in [0.25, 0.3) is 0 Å². The summed E-state index contributed by atoms with van der Waals surface area (Å²) in [7, 11) is 1.78. The van der Waals surface area contributed by atoms with Gasteiger partial charge in [-0.2, -0.15) is 0 Å². The smallest absolute Gasteiger partial charge is 0.237 e. The molecule has 1 aliphatic heterocycles. The van der Waals surface area contributed by atoms with Crippen molar-refractivity contribution in [2.75, 3.05) is 39.8 Å². The van der Waals surface area contributed by atoms with E-state index in [0.717, 1.165) is 38.8 Å². The molecular formula is C21H31N3O3. The van der Waals surface area contributed by atoms with Crippen LogP contribution in [0, 0.1) is 5.41 Å². The fourth-order valence-corrected chi connectivity index (χ4v) is 4.12. The Morgan fingerprint density at radius 2 is 2.07 bits per heavy atom. The highest BCUT2D eigenvalue weighted by Gasteiger charge is 2.39. The minimum atomic E-state index is -0.413. The minimum absolute atomic E-state index is 0.0264. The summed E-state index contributed by atoms with van der Waals surface area (Å²) in [6, 6.07) is 9.80. The van der Waals surface area contributed by atoms with Gasteiger partial charge in [-0.15, -0.1) is 0 Å². The zero-order chi connectivity index (χ0) is 19.3. The highest BCUT2D eigenvalue weighted by Crippen LogP contribution is 2.40. The number of rotatable bonds is 8. The monoisotopic (exact) mass is 373 g/mol. The maximum absolute atomic E-state index is 12.7. The van der Waals surface area contributed by atoms with Gasteiger partial charge in [0.05, 0.1) is 19.1 Å². The Balaban J connectivity index is 1.57. The lowest BCUT2D eigenvalue weighted by molar-refractivity contribution is -0.140. The summed E-state index contributed by atoms with van der Waals surface area (Å²) in [6.45, 7) is 2.85. The third kappa shape index (κ3) is 4.87. The van der Waals surface area contributed by atoms with Gasteiger partial charge in [-0.3, -0.25) is 14.5 Å². The molecule has 2 N–H and O–H groups in total. The number of nitrogens with one attached hydrogen (secondary N) is 1. The molecule has 2 amide bonds. The predicted octanol–water partition coefficient (Wildman–Crippen LogP) is 1.04. The molecule has 6 heteroatoms. The number of amides is 2. The van der Waals surface area contributed by atoms with E-state index < -0.39 is 6.04 Å². The molecule has 1 saturated carbocycles. The van der Waals surface area contributed by atoms with Crippen molar-refractivity contribution in [3.63, 3.8) is 0 Å². The van der Waals surface area contributed by atoms with E-state index in [1.165, 1.54) is 5.56 Å². The topological polar surface area (TPSA) is 72.9 Å². The van der Waals surface area contributed by atoms with E-state index in [1.54, 1.807) is 11.9 Å². The van der Waals surface area contributed by atoms with Crippen LogP contribution in [0.15, 0.2) is 30.3 Å². The molecule has 1 aromatic carbocycles. The van der Waals surface area contributed by atoms with E-state index in [1.807, 2.05) is 18.2 Å². The molecule has 1 heterocycles. The van der Waals surface area contributed by atoms with E-state index in [4.69, 9.17) is 0 Å². The average Bonchev–Trinajstić information content (AvgIpc) is 2.65. The van der Waals surface area contributed by atoms with Gasteiger partial charge in [0.15, 0.2) is 0 Å². The zero-order valence-corrected chi connectivity index (χ0v) is 16.2. The van der Waals surface area contributed by atoms with Crippen LogP contribution < -0.4 is 5.32 Å². The molecule has 0 aromatic heterocycles. The van der Waals surface area contributed by atoms with Crippen LogP contribution in [0.1, 0.15) is 31.2 Å². The maximum atomic E-state index is 12.7. The second kappa shape index (κ2) is 8.85. The Bertz CT molecular complexity index is 640. The number of carbonyl (C=O) groups is 2. The number of piperazine rings is 1. The molecule has 27 heavy (non-hydrogen) atoms. The molecule has 1 aliphatic carbocycles. The number of aliphatic hydroxyl groups is 1. The van der Waals surface area contributed by atoms with Crippen molar-refractivity contribution in [1.29, 1.82) is 0 Å². The molecule has 6 nitrogen and oxygen atoms in total. The molecule has 0 spiro atoms. The zero-order valence-electron chi connectivity index (χ0n) is 16.2. The second-order valence-corrected chi connectivity index (χ2v) is 8.04. The van der Waals surface area contributed by atoms with Crippen LogP contribution in [0.25, 0.3) is 0 Å². The second-order valence-electron chi connectivity index (χ2n) is 8.04. The predicted molar refractivity (Wildman–Crippen MR) is 104 cm³/mol. The highest BCUT2D eigenvalue weighted by molar-refractivity contribution is 5.88. The summed E-state index contributed by atoms with van der Waals surface area (Å²) in [4.78, 5) is 29.0. The molecule has 1 aromatic rings. The van der Waals surface area contributed by atoms with Crippen LogP contribution in [-0.2, 0) is 16.0 Å². The summed E-state index contributed by atoms with van der Waals surface area (Å²) in [5.41, 5.74) is 1.10. The first-order chi connectivity index (χ1) is 13.0. The van der Waals surface area contributed by atoms with Crippen LogP contribution >= 0.6 is 0 Å². The minimum Gasteiger partial charge on any atom is -0.396 e. The van der Waals surface area contributed by atoms with E-state index in [2.05, 4.69) is 22.3 Å². The number of benzene rings is 1. The van der Waals surface area contributed by atoms with Crippen molar-refractivity contribution in [2.45, 2.75) is 38.1 Å². The Morgan fingerprint density at radius 1 is 1.33 bits per heavy atom. The van der Waals surface area contributed by atoms with Gasteiger partial charge >= 0.3 is 0 Å². The van der Waals surface area contributed by atoms with Crippen molar-refractivity contribution in [3.05, 3.63) is 35.9 Å². The summed E-state index contributed by atoms with van der Waals surface area (Å²) in [5, 5.41) is 12.5. The van der Waals surface area contributed by atoms with E-state index in [0.29, 0.717) is 13.1 Å². The SMILES string of the molecule is CN(CC1(CO)CCC1)C(=O)C[C@H]1C(=O)NCCN1CCc1ccccc1. The van der Waals surface area contributed by atoms with Gasteiger partial charge in [-0.25, -0.2) is 0 Å². The molecule has 0 radical (unpaired) electrons. The number of nitrogens with zero attached hydrogens (tertiary/aromatic N) is 2. The lowest BCUT2D eigenvalue weighted by Gasteiger charge is -2.43. The van der Waals surface area contributed by atoms with Crippen molar-refractivity contribution >= 4 is 11.8 Å². The molecule has 2 fully saturated rings. The highest BCUT2D eigenvalue weighted by atomic mass is 16.3. The normalized spacial score (nSPS) is 22.0. The van der Waals surface area contributed by atoms with Crippen molar-refractivity contribution in [3.8, 4) is 0 Å². The average molecular weight is 373 g/mol. The Hall–Kier alpha value is -1.92. The lowest BCUT2D eigenvalue weighted by Crippen LogP contribution is -2.57. The van der Waals surface area contributed by atoms with Crippen LogP contribution in [0.3, 0.4) is 0 Å². The lowest BCUT2D eigenvalue weighted by atomic mass is 9.69. The van der Waals surface area contributed by atoms with E-state index in [-0.39, 0.29) is 30.3 Å². The number of hydrogen-bond acceptors (Lipinski definition) is 4. The molecule has 2 aliphatic rings. The first-order valence-corrected chi connectivity index (χ1v) is 9.93. The summed E-state index contributed by atoms with van der Waals surface area (Å²) in [6.07, 6.45) is 4.10. The largest absolute Gasteiger partial charge is 0.396 e. The number of aliphatic hydroxyl groups excluding tert-OH is 1. The van der Waals surface area contributed by atoms with Crippen molar-refractivity contribution in [1.82, 2.24) is 15.1 Å². The quantitative estimate of drug-likeness (QED) is 0.714. The first-order valence-electron chi connectivity index (χ1n) is 9.93. The van der Waals surface area contributed by atoms with Gasteiger partial charge in [-0.1, -0.05) is 36.8 Å². The molecule has 0 bridgehead atoms. The Morgan fingerprint density at radius 3 is 2.70 bits per heavy atom. The van der Waals surface area contributed by atoms with Crippen LogP contribution in [0.4, 0.5) is 0 Å². The van der Waals surface area contributed by atoms with Crippen LogP contribution in [0.2, 0.25) is 0 Å². The number of hydrogen-bond donors (Lipinski definition) is 2. The number of carbonyl (C=O) groups excluding carboxylic acids is 2. The summed E-state index contributed by atoms with van der Waals surface area (Å²) < 4.78 is 0. The first kappa shape index (κ1) is 19.8. The summed E-state index contributed by atoms with van der Waals surface area (Å²) >= 11 is 0. The fourth-order valence-electron chi connectivity index (χ4n) is 4.12. The van der Waals surface area contributed by atoms with E-state index in [9.17, 15) is 14.7 Å². The van der Waals surface area contributed by atoms with Gasteiger partial charge in [0.2, 0.25) is 11.8 Å². The standard InChI is InChI=1S/C21H31N3O3/c1-23(15-21(16-25)9-5-10-21)19(26)14-18-20(27)22-11-13-24(18)12-8-17-6-3-2-4-7-17/h2-4,6-7,18,25H,5,8-16H2,1H3,(H,22,27)/t18-/m0/s1. The van der Waals surface area contributed by atoms with Gasteiger partial charge in [0.1, 0.15) is 0 Å². The fraction of sp³-hybridized carbons (Fsp3) is 0.619. The summed E-state index contributed by atoms with van der Waals surface area (Å²) in [5.74, 6) is -0.0851. The third-order valence-electron chi connectivity index (χ3n) is 6.09. The molecule has 3 rings (SSSR count). The third-order valence-corrected chi connectivity index (χ3v) is 6.09. The molecular weight excluding hydrogens is 342 g/mol. The van der Waals surface area contributed by atoms with E-state index >= 15 is 0 Å². The van der Waals surface area contributed by atoms with Crippen molar-refractivity contribution in [2.24, 2.45) is 5.41 Å². The Kier molecular flexibility index (Phi) is 6.50. The maximum Gasteiger partial charge on any atom is 0.237 e. The van der Waals surface area contributed by atoms with Gasteiger partial charge < -0.3 is 15.3 Å². The van der Waals surface area contributed by atoms with Crippen LogP contribution in [-0.4, -0.2) is 72.6 Å². The van der Waals surface area contributed by atoms with Gasteiger partial charge in [0, 0.05) is 38.6 Å².